The maximum Gasteiger partial charge on any atom is 0.0789 e. The van der Waals surface area contributed by atoms with Crippen LogP contribution in [-0.4, -0.2) is 25.4 Å². The van der Waals surface area contributed by atoms with Crippen LogP contribution >= 0.6 is 0 Å². The number of hydrogen-bond donors (Lipinski definition) is 0. The molecule has 0 radical (unpaired) electrons. The molecule has 2 aliphatic heterocycles. The first-order valence-electron chi connectivity index (χ1n) is 6.54. The maximum atomic E-state index is 5.78. The van der Waals surface area contributed by atoms with Gasteiger partial charge in [0.25, 0.3) is 0 Å². The van der Waals surface area contributed by atoms with Crippen molar-refractivity contribution in [3.05, 3.63) is 23.8 Å². The van der Waals surface area contributed by atoms with Crippen molar-refractivity contribution in [3.63, 3.8) is 0 Å². The lowest BCUT2D eigenvalue weighted by molar-refractivity contribution is 0.0735. The van der Waals surface area contributed by atoms with Crippen molar-refractivity contribution in [2.75, 3.05) is 13.2 Å². The Balaban J connectivity index is 1.64. The van der Waals surface area contributed by atoms with Crippen molar-refractivity contribution < 1.29 is 9.47 Å². The van der Waals surface area contributed by atoms with Crippen molar-refractivity contribution in [3.8, 4) is 0 Å². The Morgan fingerprint density at radius 1 is 1.06 bits per heavy atom. The Hall–Kier alpha value is -0.600. The lowest BCUT2D eigenvalue weighted by Crippen LogP contribution is -2.23. The summed E-state index contributed by atoms with van der Waals surface area (Å²) < 4.78 is 11.5. The number of ether oxygens (including phenoxy) is 2. The largest absolute Gasteiger partial charge is 0.378 e. The molecular formula is C14H20O2. The highest BCUT2D eigenvalue weighted by atomic mass is 16.5. The number of rotatable bonds is 2. The van der Waals surface area contributed by atoms with Gasteiger partial charge in [-0.1, -0.05) is 18.2 Å². The lowest BCUT2D eigenvalue weighted by atomic mass is 9.86. The maximum absolute atomic E-state index is 5.78. The van der Waals surface area contributed by atoms with E-state index in [9.17, 15) is 0 Å². The van der Waals surface area contributed by atoms with E-state index < -0.39 is 0 Å². The Kier molecular flexibility index (Phi) is 3.11. The van der Waals surface area contributed by atoms with Crippen LogP contribution in [0.5, 0.6) is 0 Å². The molecule has 3 atom stereocenters. The summed E-state index contributed by atoms with van der Waals surface area (Å²) >= 11 is 0. The smallest absolute Gasteiger partial charge is 0.0789 e. The zero-order valence-corrected chi connectivity index (χ0v) is 9.73. The zero-order chi connectivity index (χ0) is 10.8. The van der Waals surface area contributed by atoms with E-state index in [0.29, 0.717) is 18.1 Å². The average Bonchev–Trinajstić information content (AvgIpc) is 3.03. The summed E-state index contributed by atoms with van der Waals surface area (Å²) in [6, 6.07) is 0. The van der Waals surface area contributed by atoms with Gasteiger partial charge in [-0.3, -0.25) is 0 Å². The molecule has 0 N–H and O–H groups in total. The highest BCUT2D eigenvalue weighted by molar-refractivity contribution is 5.24. The van der Waals surface area contributed by atoms with Gasteiger partial charge in [0, 0.05) is 19.1 Å². The second-order valence-electron chi connectivity index (χ2n) is 5.05. The molecule has 2 saturated heterocycles. The quantitative estimate of drug-likeness (QED) is 0.712. The van der Waals surface area contributed by atoms with Crippen LogP contribution in [0.2, 0.25) is 0 Å². The predicted octanol–water partition coefficient (Wildman–Crippen LogP) is 2.85. The fourth-order valence-corrected chi connectivity index (χ4v) is 3.03. The molecule has 0 bridgehead atoms. The molecule has 2 heterocycles. The first-order chi connectivity index (χ1) is 7.93. The first kappa shape index (κ1) is 10.5. The van der Waals surface area contributed by atoms with Crippen molar-refractivity contribution in [2.24, 2.45) is 5.92 Å². The van der Waals surface area contributed by atoms with Crippen LogP contribution in [0.15, 0.2) is 23.8 Å². The summed E-state index contributed by atoms with van der Waals surface area (Å²) in [5, 5.41) is 0. The molecule has 2 heteroatoms. The van der Waals surface area contributed by atoms with Crippen molar-refractivity contribution in [1.82, 2.24) is 0 Å². The summed E-state index contributed by atoms with van der Waals surface area (Å²) in [5.74, 6) is 0.590. The summed E-state index contributed by atoms with van der Waals surface area (Å²) in [7, 11) is 0. The van der Waals surface area contributed by atoms with E-state index >= 15 is 0 Å². The average molecular weight is 220 g/mol. The minimum absolute atomic E-state index is 0.397. The van der Waals surface area contributed by atoms with Gasteiger partial charge in [-0.15, -0.1) is 0 Å². The highest BCUT2D eigenvalue weighted by Gasteiger charge is 2.29. The first-order valence-corrected chi connectivity index (χ1v) is 6.54. The van der Waals surface area contributed by atoms with Crippen LogP contribution in [-0.2, 0) is 9.47 Å². The van der Waals surface area contributed by atoms with E-state index in [4.69, 9.17) is 9.47 Å². The lowest BCUT2D eigenvalue weighted by Gasteiger charge is -2.26. The van der Waals surface area contributed by atoms with Gasteiger partial charge in [0.2, 0.25) is 0 Å². The summed E-state index contributed by atoms with van der Waals surface area (Å²) in [5.41, 5.74) is 1.49. The van der Waals surface area contributed by atoms with Crippen molar-refractivity contribution in [2.45, 2.75) is 44.3 Å². The van der Waals surface area contributed by atoms with Crippen LogP contribution in [0.3, 0.4) is 0 Å². The Morgan fingerprint density at radius 3 is 2.69 bits per heavy atom. The third kappa shape index (κ3) is 2.09. The van der Waals surface area contributed by atoms with Gasteiger partial charge in [-0.05, 0) is 37.7 Å². The van der Waals surface area contributed by atoms with Gasteiger partial charge < -0.3 is 9.47 Å². The topological polar surface area (TPSA) is 18.5 Å². The predicted molar refractivity (Wildman–Crippen MR) is 63.3 cm³/mol. The van der Waals surface area contributed by atoms with E-state index in [1.165, 1.54) is 31.3 Å². The molecule has 3 unspecified atom stereocenters. The summed E-state index contributed by atoms with van der Waals surface area (Å²) in [6.45, 7) is 1.89. The van der Waals surface area contributed by atoms with Crippen LogP contribution in [0, 0.1) is 5.92 Å². The van der Waals surface area contributed by atoms with Crippen LogP contribution in [0.25, 0.3) is 0 Å². The molecule has 2 fully saturated rings. The molecule has 0 aromatic rings. The zero-order valence-electron chi connectivity index (χ0n) is 9.73. The van der Waals surface area contributed by atoms with Gasteiger partial charge in [-0.25, -0.2) is 0 Å². The molecule has 1 aliphatic carbocycles. The van der Waals surface area contributed by atoms with Gasteiger partial charge in [-0.2, -0.15) is 0 Å². The van der Waals surface area contributed by atoms with Crippen LogP contribution in [0.1, 0.15) is 32.1 Å². The fourth-order valence-electron chi connectivity index (χ4n) is 3.03. The minimum atomic E-state index is 0.397. The van der Waals surface area contributed by atoms with Gasteiger partial charge in [0.15, 0.2) is 0 Å². The van der Waals surface area contributed by atoms with E-state index in [-0.39, 0.29) is 0 Å². The molecule has 3 rings (SSSR count). The second-order valence-corrected chi connectivity index (χ2v) is 5.05. The van der Waals surface area contributed by atoms with E-state index in [0.717, 1.165) is 19.6 Å². The van der Waals surface area contributed by atoms with E-state index in [1.807, 2.05) is 0 Å². The molecule has 3 aliphatic rings. The highest BCUT2D eigenvalue weighted by Crippen LogP contribution is 2.33. The SMILES string of the molecule is C1=CC(C2CCCO2)CC(C2CCCO2)=C1. The Bertz CT molecular complexity index is 294. The summed E-state index contributed by atoms with van der Waals surface area (Å²) in [6.07, 6.45) is 13.7. The monoisotopic (exact) mass is 220 g/mol. The Labute approximate surface area is 97.3 Å². The molecule has 2 nitrogen and oxygen atoms in total. The van der Waals surface area contributed by atoms with Gasteiger partial charge in [0.05, 0.1) is 12.2 Å². The fraction of sp³-hybridized carbons (Fsp3) is 0.714. The summed E-state index contributed by atoms with van der Waals surface area (Å²) in [4.78, 5) is 0. The molecule has 0 aromatic heterocycles. The third-order valence-electron chi connectivity index (χ3n) is 3.93. The third-order valence-corrected chi connectivity index (χ3v) is 3.93. The second kappa shape index (κ2) is 4.72. The Morgan fingerprint density at radius 2 is 1.94 bits per heavy atom. The van der Waals surface area contributed by atoms with E-state index in [1.54, 1.807) is 0 Å². The molecule has 0 amide bonds. The number of hydrogen-bond acceptors (Lipinski definition) is 2. The van der Waals surface area contributed by atoms with Crippen molar-refractivity contribution >= 4 is 0 Å². The van der Waals surface area contributed by atoms with Crippen molar-refractivity contribution in [1.29, 1.82) is 0 Å². The minimum Gasteiger partial charge on any atom is -0.378 e. The van der Waals surface area contributed by atoms with Gasteiger partial charge in [0.1, 0.15) is 0 Å². The van der Waals surface area contributed by atoms with E-state index in [2.05, 4.69) is 18.2 Å². The molecule has 16 heavy (non-hydrogen) atoms. The molecule has 0 spiro atoms. The molecular weight excluding hydrogens is 200 g/mol. The van der Waals surface area contributed by atoms with Crippen LogP contribution in [0.4, 0.5) is 0 Å². The normalized spacial score (nSPS) is 39.0. The molecule has 0 saturated carbocycles. The van der Waals surface area contributed by atoms with Gasteiger partial charge >= 0.3 is 0 Å². The molecule has 88 valence electrons. The standard InChI is InChI=1S/C14H20O2/c1-4-11(13-6-2-8-15-13)10-12(5-1)14-7-3-9-16-14/h1,4-5,11,13-14H,2-3,6-10H2. The van der Waals surface area contributed by atoms with Crippen LogP contribution < -0.4 is 0 Å². The number of allylic oxidation sites excluding steroid dienone is 2. The molecule has 0 aromatic carbocycles.